The fraction of sp³-hybridized carbons (Fsp3) is 0.227. The van der Waals surface area contributed by atoms with Gasteiger partial charge in [-0.1, -0.05) is 18.2 Å². The maximum absolute atomic E-state index is 12.2. The Bertz CT molecular complexity index is 1020. The van der Waals surface area contributed by atoms with Gasteiger partial charge in [0.05, 0.1) is 19.9 Å². The van der Waals surface area contributed by atoms with Crippen LogP contribution in [0, 0.1) is 0 Å². The highest BCUT2D eigenvalue weighted by atomic mass is 32.1. The summed E-state index contributed by atoms with van der Waals surface area (Å²) in [7, 11) is 3.19. The number of nitrogens with one attached hydrogen (secondary N) is 3. The molecule has 0 radical (unpaired) electrons. The summed E-state index contributed by atoms with van der Waals surface area (Å²) < 4.78 is 10.4. The summed E-state index contributed by atoms with van der Waals surface area (Å²) in [5.41, 5.74) is 2.31. The van der Waals surface area contributed by atoms with Gasteiger partial charge in [-0.05, 0) is 36.8 Å². The maximum atomic E-state index is 12.2. The maximum Gasteiger partial charge on any atom is 0.325 e. The van der Waals surface area contributed by atoms with Crippen LogP contribution in [0.15, 0.2) is 53.9 Å². The summed E-state index contributed by atoms with van der Waals surface area (Å²) in [5.74, 6) is 1.37. The molecule has 0 atom stereocenters. The van der Waals surface area contributed by atoms with Crippen molar-refractivity contribution >= 4 is 34.1 Å². The van der Waals surface area contributed by atoms with Crippen molar-refractivity contribution in [2.24, 2.45) is 0 Å². The normalized spacial score (nSPS) is 10.3. The predicted octanol–water partition coefficient (Wildman–Crippen LogP) is 4.05. The molecule has 9 heteroatoms. The minimum Gasteiger partial charge on any atom is -0.497 e. The number of benzene rings is 2. The van der Waals surface area contributed by atoms with E-state index in [1.54, 1.807) is 38.5 Å². The van der Waals surface area contributed by atoms with Gasteiger partial charge in [-0.3, -0.25) is 10.1 Å². The van der Waals surface area contributed by atoms with Crippen LogP contribution in [0.25, 0.3) is 0 Å². The summed E-state index contributed by atoms with van der Waals surface area (Å²) in [6, 6.07) is 14.2. The number of methoxy groups -OCH3 is 2. The number of carbonyl (C=O) groups is 2. The van der Waals surface area contributed by atoms with Gasteiger partial charge in [0, 0.05) is 29.6 Å². The SMILES string of the molecule is COc1ccc(NC(=O)Nc2nc(CCC(=O)NCc3ccccc3OC)cs2)cc1. The van der Waals surface area contributed by atoms with Crippen molar-refractivity contribution in [3.63, 3.8) is 0 Å². The van der Waals surface area contributed by atoms with E-state index >= 15 is 0 Å². The number of amides is 3. The van der Waals surface area contributed by atoms with Crippen molar-refractivity contribution in [1.82, 2.24) is 10.3 Å². The van der Waals surface area contributed by atoms with E-state index < -0.39 is 0 Å². The summed E-state index contributed by atoms with van der Waals surface area (Å²) in [5, 5.41) is 10.6. The molecule has 0 aliphatic rings. The third kappa shape index (κ3) is 6.71. The van der Waals surface area contributed by atoms with Crippen molar-refractivity contribution in [1.29, 1.82) is 0 Å². The molecule has 3 amide bonds. The number of para-hydroxylation sites is 1. The van der Waals surface area contributed by atoms with Crippen molar-refractivity contribution < 1.29 is 19.1 Å². The lowest BCUT2D eigenvalue weighted by Gasteiger charge is -2.09. The first kappa shape index (κ1) is 22.1. The lowest BCUT2D eigenvalue weighted by atomic mass is 10.2. The third-order valence-electron chi connectivity index (χ3n) is 4.40. The second-order valence-electron chi connectivity index (χ2n) is 6.54. The van der Waals surface area contributed by atoms with Crippen molar-refractivity contribution in [2.45, 2.75) is 19.4 Å². The lowest BCUT2D eigenvalue weighted by molar-refractivity contribution is -0.121. The fourth-order valence-electron chi connectivity index (χ4n) is 2.79. The Hall–Kier alpha value is -3.59. The molecule has 31 heavy (non-hydrogen) atoms. The molecule has 1 heterocycles. The number of anilines is 2. The zero-order valence-corrected chi connectivity index (χ0v) is 18.1. The first-order chi connectivity index (χ1) is 15.1. The molecule has 0 spiro atoms. The number of ether oxygens (including phenoxy) is 2. The van der Waals surface area contributed by atoms with E-state index in [0.29, 0.717) is 36.0 Å². The van der Waals surface area contributed by atoms with E-state index in [-0.39, 0.29) is 11.9 Å². The molecule has 2 aromatic carbocycles. The Morgan fingerprint density at radius 2 is 1.77 bits per heavy atom. The van der Waals surface area contributed by atoms with Crippen LogP contribution in [-0.2, 0) is 17.8 Å². The van der Waals surface area contributed by atoms with Crippen LogP contribution in [0.3, 0.4) is 0 Å². The number of hydrogen-bond acceptors (Lipinski definition) is 6. The molecular formula is C22H24N4O4S. The van der Waals surface area contributed by atoms with Gasteiger partial charge >= 0.3 is 6.03 Å². The van der Waals surface area contributed by atoms with Gasteiger partial charge in [-0.15, -0.1) is 11.3 Å². The number of hydrogen-bond donors (Lipinski definition) is 3. The molecule has 0 fully saturated rings. The van der Waals surface area contributed by atoms with E-state index in [0.717, 1.165) is 17.0 Å². The Morgan fingerprint density at radius 1 is 1.00 bits per heavy atom. The Balaban J connectivity index is 1.42. The number of aromatic nitrogens is 1. The van der Waals surface area contributed by atoms with Gasteiger partial charge < -0.3 is 20.1 Å². The Morgan fingerprint density at radius 3 is 2.52 bits per heavy atom. The second-order valence-corrected chi connectivity index (χ2v) is 7.40. The minimum atomic E-state index is -0.388. The predicted molar refractivity (Wildman–Crippen MR) is 121 cm³/mol. The lowest BCUT2D eigenvalue weighted by Crippen LogP contribution is -2.23. The van der Waals surface area contributed by atoms with Gasteiger partial charge in [0.1, 0.15) is 11.5 Å². The van der Waals surface area contributed by atoms with Crippen LogP contribution in [0.5, 0.6) is 11.5 Å². The van der Waals surface area contributed by atoms with Crippen molar-refractivity contribution in [3.8, 4) is 11.5 Å². The van der Waals surface area contributed by atoms with Crippen LogP contribution in [-0.4, -0.2) is 31.1 Å². The van der Waals surface area contributed by atoms with E-state index in [9.17, 15) is 9.59 Å². The van der Waals surface area contributed by atoms with Gasteiger partial charge in [-0.25, -0.2) is 9.78 Å². The number of rotatable bonds is 9. The Labute approximate surface area is 184 Å². The van der Waals surface area contributed by atoms with Crippen LogP contribution >= 0.6 is 11.3 Å². The fourth-order valence-corrected chi connectivity index (χ4v) is 3.53. The molecular weight excluding hydrogens is 416 g/mol. The minimum absolute atomic E-state index is 0.0781. The zero-order chi connectivity index (χ0) is 22.1. The topological polar surface area (TPSA) is 102 Å². The summed E-state index contributed by atoms with van der Waals surface area (Å²) >= 11 is 1.31. The van der Waals surface area contributed by atoms with E-state index in [2.05, 4.69) is 20.9 Å². The highest BCUT2D eigenvalue weighted by Crippen LogP contribution is 2.19. The molecule has 0 aliphatic carbocycles. The number of aryl methyl sites for hydroxylation is 1. The highest BCUT2D eigenvalue weighted by Gasteiger charge is 2.10. The molecule has 0 unspecified atom stereocenters. The molecule has 0 bridgehead atoms. The number of carbonyl (C=O) groups excluding carboxylic acids is 2. The third-order valence-corrected chi connectivity index (χ3v) is 5.20. The van der Waals surface area contributed by atoms with Gasteiger partial charge in [0.25, 0.3) is 0 Å². The molecule has 162 valence electrons. The quantitative estimate of drug-likeness (QED) is 0.466. The average Bonchev–Trinajstić information content (AvgIpc) is 3.24. The van der Waals surface area contributed by atoms with Crippen LogP contribution in [0.1, 0.15) is 17.7 Å². The summed E-state index contributed by atoms with van der Waals surface area (Å²) in [6.07, 6.45) is 0.784. The molecule has 0 aliphatic heterocycles. The van der Waals surface area contributed by atoms with Gasteiger partial charge in [0.15, 0.2) is 5.13 Å². The monoisotopic (exact) mass is 440 g/mol. The molecule has 1 aromatic heterocycles. The van der Waals surface area contributed by atoms with Gasteiger partial charge in [-0.2, -0.15) is 0 Å². The first-order valence-corrected chi connectivity index (χ1v) is 10.5. The molecule has 3 N–H and O–H groups in total. The van der Waals surface area contributed by atoms with Gasteiger partial charge in [0.2, 0.25) is 5.91 Å². The number of urea groups is 1. The molecule has 3 aromatic rings. The zero-order valence-electron chi connectivity index (χ0n) is 17.3. The first-order valence-electron chi connectivity index (χ1n) is 9.62. The van der Waals surface area contributed by atoms with E-state index in [4.69, 9.17) is 9.47 Å². The standard InChI is InChI=1S/C22H24N4O4S/c1-29-18-10-7-16(8-11-18)24-21(28)26-22-25-17(14-31-22)9-12-20(27)23-13-15-5-3-4-6-19(15)30-2/h3-8,10-11,14H,9,12-13H2,1-2H3,(H,23,27)(H2,24,25,26,28). The summed E-state index contributed by atoms with van der Waals surface area (Å²) in [6.45, 7) is 0.401. The summed E-state index contributed by atoms with van der Waals surface area (Å²) in [4.78, 5) is 28.6. The van der Waals surface area contributed by atoms with Crippen molar-refractivity contribution in [3.05, 3.63) is 65.2 Å². The van der Waals surface area contributed by atoms with Crippen LogP contribution in [0.2, 0.25) is 0 Å². The molecule has 8 nitrogen and oxygen atoms in total. The Kier molecular flexibility index (Phi) is 7.83. The highest BCUT2D eigenvalue weighted by molar-refractivity contribution is 7.13. The molecule has 0 saturated carbocycles. The number of nitrogens with zero attached hydrogens (tertiary/aromatic N) is 1. The molecule has 0 saturated heterocycles. The second kappa shape index (κ2) is 11.0. The van der Waals surface area contributed by atoms with Crippen molar-refractivity contribution in [2.75, 3.05) is 24.9 Å². The van der Waals surface area contributed by atoms with Crippen LogP contribution < -0.4 is 25.4 Å². The van der Waals surface area contributed by atoms with E-state index in [1.165, 1.54) is 11.3 Å². The smallest absolute Gasteiger partial charge is 0.325 e. The van der Waals surface area contributed by atoms with E-state index in [1.807, 2.05) is 29.6 Å². The molecule has 3 rings (SSSR count). The average molecular weight is 441 g/mol. The number of thiazole rings is 1. The van der Waals surface area contributed by atoms with Crippen LogP contribution in [0.4, 0.5) is 15.6 Å². The largest absolute Gasteiger partial charge is 0.497 e.